The van der Waals surface area contributed by atoms with Crippen LogP contribution in [0.25, 0.3) is 11.0 Å². The monoisotopic (exact) mass is 937 g/mol. The zero-order chi connectivity index (χ0) is 46.0. The van der Waals surface area contributed by atoms with E-state index >= 15 is 0 Å². The number of fused-ring (bicyclic) bond motifs is 2. The fourth-order valence-electron chi connectivity index (χ4n) is 11.0. The van der Waals surface area contributed by atoms with Gasteiger partial charge in [0.05, 0.1) is 28.8 Å². The molecule has 0 radical (unpaired) electrons. The molecule has 10 rings (SSSR count). The van der Waals surface area contributed by atoms with Crippen LogP contribution in [-0.2, 0) is 19.8 Å². The molecule has 0 unspecified atom stereocenters. The Morgan fingerprint density at radius 1 is 1.06 bits per heavy atom. The van der Waals surface area contributed by atoms with Gasteiger partial charge in [0, 0.05) is 69.7 Å². The number of pyridine rings is 2. The molecule has 17 nitrogen and oxygen atoms in total. The molecule has 1 saturated carbocycles. The van der Waals surface area contributed by atoms with Crippen molar-refractivity contribution in [3.8, 4) is 17.4 Å². The standard InChI is InChI=1S/C47H55N9O8S2/c1-29(2)35-6-3-4-7-36(35)39-8-5-17-55(39)33-25-47(26-33)14-18-54(19-15-47)32-9-10-37(41(23-32)64-34-22-31-11-16-49-44(31)50-27-34)45(57)53-66(61,62)42-24-40(56(58)59)43-46(52-42)63-28-38(51-43)30-12-20-65(48,60)21-13-30/h3-4,6-7,9-11,16,22-24,27,29-30,33,38-39,48,51H,5,8,12-15,17-21,25-26,28H2,1-2H3,(H,49,50)(H,53,57)/t30?,38-,39-,65?/m1/s1. The summed E-state index contributed by atoms with van der Waals surface area (Å²) < 4.78 is 62.1. The number of hydrogen-bond donors (Lipinski definition) is 4. The molecule has 348 valence electrons. The van der Waals surface area contributed by atoms with Crippen LogP contribution in [-0.4, -0.2) is 93.1 Å². The summed E-state index contributed by atoms with van der Waals surface area (Å²) in [5.74, 6) is 0.00555. The molecule has 2 atom stereocenters. The molecule has 4 N–H and O–H groups in total. The maximum absolute atomic E-state index is 14.1. The molecule has 2 aromatic carbocycles. The van der Waals surface area contributed by atoms with Gasteiger partial charge in [-0.3, -0.25) is 24.6 Å². The highest BCUT2D eigenvalue weighted by Gasteiger charge is 2.50. The molecule has 3 saturated heterocycles. The topological polar surface area (TPSA) is 226 Å². The molecular formula is C47H55N9O8S2. The van der Waals surface area contributed by atoms with E-state index in [1.54, 1.807) is 24.4 Å². The first kappa shape index (κ1) is 44.1. The van der Waals surface area contributed by atoms with E-state index in [4.69, 9.17) is 14.3 Å². The number of amides is 1. The Morgan fingerprint density at radius 2 is 1.83 bits per heavy atom. The highest BCUT2D eigenvalue weighted by atomic mass is 32.2. The van der Waals surface area contributed by atoms with Crippen molar-refractivity contribution in [2.45, 2.75) is 94.3 Å². The first-order valence-corrected chi connectivity index (χ1v) is 26.3. The average Bonchev–Trinajstić information content (AvgIpc) is 3.98. The molecule has 5 aliphatic rings. The second-order valence-electron chi connectivity index (χ2n) is 19.1. The molecule has 1 aliphatic carbocycles. The number of anilines is 2. The van der Waals surface area contributed by atoms with Crippen molar-refractivity contribution in [1.82, 2.24) is 24.6 Å². The van der Waals surface area contributed by atoms with Crippen LogP contribution in [0.15, 0.2) is 78.1 Å². The fourth-order valence-corrected chi connectivity index (χ4v) is 13.5. The molecule has 7 heterocycles. The number of benzene rings is 2. The smallest absolute Gasteiger partial charge is 0.300 e. The maximum Gasteiger partial charge on any atom is 0.300 e. The Labute approximate surface area is 384 Å². The van der Waals surface area contributed by atoms with Gasteiger partial charge in [0.2, 0.25) is 5.88 Å². The number of aromatic amines is 1. The summed E-state index contributed by atoms with van der Waals surface area (Å²) in [5.41, 5.74) is 3.94. The third-order valence-corrected chi connectivity index (χ3v) is 17.7. The van der Waals surface area contributed by atoms with Gasteiger partial charge in [-0.2, -0.15) is 13.4 Å². The fraction of sp³-hybridized carbons (Fsp3) is 0.468. The Balaban J connectivity index is 0.857. The number of rotatable bonds is 11. The third kappa shape index (κ3) is 8.56. The number of carbonyl (C=O) groups is 1. The van der Waals surface area contributed by atoms with E-state index in [2.05, 4.69) is 72.9 Å². The SMILES string of the molecule is CC(C)c1ccccc1[C@H]1CCCN1C1CC2(CCN(c3ccc(C(=O)NS(=O)(=O)c4cc([N+](=O)[O-])c5c(n4)OC[C@H](C4CCS(=N)(=O)CC4)N5)c(Oc4cnc5[nH]ccc5c4)c3)CC2)C1. The molecule has 66 heavy (non-hydrogen) atoms. The van der Waals surface area contributed by atoms with E-state index in [1.165, 1.54) is 49.1 Å². The molecule has 0 bridgehead atoms. The van der Waals surface area contributed by atoms with E-state index in [9.17, 15) is 27.5 Å². The van der Waals surface area contributed by atoms with Crippen molar-refractivity contribution in [3.63, 3.8) is 0 Å². The first-order valence-electron chi connectivity index (χ1n) is 22.9. The summed E-state index contributed by atoms with van der Waals surface area (Å²) >= 11 is 0. The summed E-state index contributed by atoms with van der Waals surface area (Å²) in [4.78, 5) is 42.3. The lowest BCUT2D eigenvalue weighted by molar-refractivity contribution is -0.384. The highest BCUT2D eigenvalue weighted by Crippen LogP contribution is 2.54. The quantitative estimate of drug-likeness (QED) is 0.0726. The Hall–Kier alpha value is -5.79. The van der Waals surface area contributed by atoms with Gasteiger partial charge in [-0.25, -0.2) is 13.9 Å². The van der Waals surface area contributed by atoms with Crippen LogP contribution >= 0.6 is 0 Å². The van der Waals surface area contributed by atoms with Gasteiger partial charge in [-0.1, -0.05) is 38.1 Å². The Kier molecular flexibility index (Phi) is 11.4. The first-order chi connectivity index (χ1) is 31.6. The minimum Gasteiger partial charge on any atom is -0.474 e. The van der Waals surface area contributed by atoms with Crippen LogP contribution < -0.4 is 24.4 Å². The third-order valence-electron chi connectivity index (χ3n) is 14.7. The number of hydrogen-bond acceptors (Lipinski definition) is 14. The number of piperidine rings is 1. The lowest BCUT2D eigenvalue weighted by Gasteiger charge is -2.56. The summed E-state index contributed by atoms with van der Waals surface area (Å²) in [5, 5.41) is 15.4. The maximum atomic E-state index is 14.1. The molecular weight excluding hydrogens is 883 g/mol. The average molecular weight is 938 g/mol. The predicted molar refractivity (Wildman–Crippen MR) is 250 cm³/mol. The second-order valence-corrected chi connectivity index (χ2v) is 23.1. The summed E-state index contributed by atoms with van der Waals surface area (Å²) in [6.07, 6.45) is 11.1. The number of likely N-dealkylation sites (tertiary alicyclic amines) is 1. The Morgan fingerprint density at radius 3 is 2.59 bits per heavy atom. The molecule has 1 spiro atoms. The van der Waals surface area contributed by atoms with Crippen molar-refractivity contribution in [2.24, 2.45) is 11.3 Å². The molecule has 19 heteroatoms. The summed E-state index contributed by atoms with van der Waals surface area (Å²) in [6, 6.07) is 19.1. The van der Waals surface area contributed by atoms with Crippen LogP contribution in [0.4, 0.5) is 17.1 Å². The second kappa shape index (κ2) is 17.1. The lowest BCUT2D eigenvalue weighted by atomic mass is 9.59. The lowest BCUT2D eigenvalue weighted by Crippen LogP contribution is -2.54. The van der Waals surface area contributed by atoms with E-state index in [1.807, 2.05) is 6.07 Å². The number of nitro groups is 1. The van der Waals surface area contributed by atoms with Crippen molar-refractivity contribution >= 4 is 53.8 Å². The van der Waals surface area contributed by atoms with Gasteiger partial charge in [-0.05, 0) is 111 Å². The molecule has 5 aromatic rings. The van der Waals surface area contributed by atoms with E-state index in [0.717, 1.165) is 49.6 Å². The largest absolute Gasteiger partial charge is 0.474 e. The number of carbonyl (C=O) groups excluding carboxylic acids is 1. The van der Waals surface area contributed by atoms with Crippen LogP contribution in [0.5, 0.6) is 17.4 Å². The van der Waals surface area contributed by atoms with Gasteiger partial charge in [-0.15, -0.1) is 0 Å². The normalized spacial score (nSPS) is 24.3. The van der Waals surface area contributed by atoms with Crippen molar-refractivity contribution in [3.05, 3.63) is 99.9 Å². The van der Waals surface area contributed by atoms with Crippen molar-refractivity contribution in [2.75, 3.05) is 48.0 Å². The zero-order valence-corrected chi connectivity index (χ0v) is 38.7. The van der Waals surface area contributed by atoms with Crippen LogP contribution in [0.1, 0.15) is 98.7 Å². The predicted octanol–water partition coefficient (Wildman–Crippen LogP) is 8.12. The molecule has 4 fully saturated rings. The minimum absolute atomic E-state index is 0.0267. The number of nitrogens with zero attached hydrogens (tertiary/aromatic N) is 5. The van der Waals surface area contributed by atoms with E-state index in [-0.39, 0.29) is 52.3 Å². The van der Waals surface area contributed by atoms with Crippen LogP contribution in [0.2, 0.25) is 0 Å². The number of nitrogens with one attached hydrogen (secondary N) is 4. The molecule has 3 aromatic heterocycles. The molecule has 1 amide bonds. The number of sulfonamides is 1. The van der Waals surface area contributed by atoms with Crippen molar-refractivity contribution in [1.29, 1.82) is 4.78 Å². The molecule has 4 aliphatic heterocycles. The van der Waals surface area contributed by atoms with Gasteiger partial charge < -0.3 is 24.7 Å². The zero-order valence-electron chi connectivity index (χ0n) is 37.0. The Bertz CT molecular complexity index is 2910. The van der Waals surface area contributed by atoms with Gasteiger partial charge in [0.1, 0.15) is 23.8 Å². The van der Waals surface area contributed by atoms with Gasteiger partial charge >= 0.3 is 5.69 Å². The number of ether oxygens (including phenoxy) is 2. The van der Waals surface area contributed by atoms with Crippen LogP contribution in [0, 0.1) is 26.2 Å². The van der Waals surface area contributed by atoms with Gasteiger partial charge in [0.15, 0.2) is 10.7 Å². The number of aromatic nitrogens is 3. The summed E-state index contributed by atoms with van der Waals surface area (Å²) in [7, 11) is -7.44. The van der Waals surface area contributed by atoms with Crippen LogP contribution in [0.3, 0.4) is 0 Å². The van der Waals surface area contributed by atoms with Crippen molar-refractivity contribution < 1.29 is 31.8 Å². The minimum atomic E-state index is -4.79. The van der Waals surface area contributed by atoms with E-state index < -0.39 is 47.3 Å². The number of H-pyrrole nitrogens is 1. The van der Waals surface area contributed by atoms with Gasteiger partial charge in [0.25, 0.3) is 15.9 Å². The highest BCUT2D eigenvalue weighted by molar-refractivity contribution is 7.92. The van der Waals surface area contributed by atoms with E-state index in [0.29, 0.717) is 42.2 Å². The summed E-state index contributed by atoms with van der Waals surface area (Å²) in [6.45, 7) is 7.36.